The molecule has 1 fully saturated rings. The van der Waals surface area contributed by atoms with E-state index in [2.05, 4.69) is 101 Å². The molecule has 2 heterocycles. The Balaban J connectivity index is 1.50. The molecule has 0 saturated carbocycles. The minimum Gasteiger partial charge on any atom is -0.379 e. The number of hydrogen-bond acceptors (Lipinski definition) is 5. The molecule has 1 aliphatic heterocycles. The van der Waals surface area contributed by atoms with Crippen molar-refractivity contribution in [1.82, 2.24) is 19.9 Å². The summed E-state index contributed by atoms with van der Waals surface area (Å²) < 4.78 is 5.72. The van der Waals surface area contributed by atoms with Gasteiger partial charge >= 0.3 is 0 Å². The van der Waals surface area contributed by atoms with Crippen LogP contribution in [0.25, 0.3) is 11.0 Å². The number of morpholine rings is 1. The van der Waals surface area contributed by atoms with Crippen molar-refractivity contribution in [1.29, 1.82) is 0 Å². The Kier molecular flexibility index (Phi) is 6.92. The van der Waals surface area contributed by atoms with Crippen LogP contribution in [0.15, 0.2) is 115 Å². The van der Waals surface area contributed by atoms with E-state index in [9.17, 15) is 0 Å². The zero-order valence-electron chi connectivity index (χ0n) is 20.8. The van der Waals surface area contributed by atoms with Gasteiger partial charge in [-0.25, -0.2) is 0 Å². The van der Waals surface area contributed by atoms with Crippen LogP contribution in [0.2, 0.25) is 0 Å². The van der Waals surface area contributed by atoms with Crippen molar-refractivity contribution in [2.75, 3.05) is 31.2 Å². The lowest BCUT2D eigenvalue weighted by atomic mass is 9.98. The highest BCUT2D eigenvalue weighted by Crippen LogP contribution is 2.39. The topological polar surface area (TPSA) is 46.4 Å². The number of aromatic nitrogens is 3. The highest BCUT2D eigenvalue weighted by Gasteiger charge is 2.32. The number of hydrogen-bond donors (Lipinski definition) is 0. The second-order valence-corrected chi connectivity index (χ2v) is 9.34. The van der Waals surface area contributed by atoms with Gasteiger partial charge in [0.2, 0.25) is 0 Å². The zero-order valence-corrected chi connectivity index (χ0v) is 20.8. The largest absolute Gasteiger partial charge is 0.379 e. The fourth-order valence-electron chi connectivity index (χ4n) is 5.24. The fraction of sp³-hybridized carbons (Fsp3) is 0.226. The molecular formula is C31H31N5O. The van der Waals surface area contributed by atoms with Crippen LogP contribution in [0.4, 0.5) is 11.4 Å². The van der Waals surface area contributed by atoms with E-state index in [1.165, 1.54) is 5.56 Å². The van der Waals surface area contributed by atoms with Crippen molar-refractivity contribution < 1.29 is 4.74 Å². The number of rotatable bonds is 8. The van der Waals surface area contributed by atoms with Gasteiger partial charge in [-0.15, -0.1) is 0 Å². The molecule has 6 nitrogen and oxygen atoms in total. The lowest BCUT2D eigenvalue weighted by Crippen LogP contribution is -2.42. The molecule has 186 valence electrons. The number of benzene rings is 4. The average Bonchev–Trinajstić information content (AvgIpc) is 3.41. The predicted molar refractivity (Wildman–Crippen MR) is 148 cm³/mol. The van der Waals surface area contributed by atoms with Crippen molar-refractivity contribution in [2.24, 2.45) is 0 Å². The monoisotopic (exact) mass is 489 g/mol. The minimum atomic E-state index is -0.162. The molecule has 1 saturated heterocycles. The smallest absolute Gasteiger partial charge is 0.148 e. The number of nitrogens with zero attached hydrogens (tertiary/aromatic N) is 5. The minimum absolute atomic E-state index is 0.162. The van der Waals surface area contributed by atoms with Crippen LogP contribution in [-0.4, -0.2) is 46.2 Å². The summed E-state index contributed by atoms with van der Waals surface area (Å²) in [6.45, 7) is 3.30. The van der Waals surface area contributed by atoms with E-state index in [0.717, 1.165) is 55.1 Å². The van der Waals surface area contributed by atoms with Gasteiger partial charge in [0.05, 0.1) is 13.2 Å². The summed E-state index contributed by atoms with van der Waals surface area (Å²) in [5, 5.41) is 10.00. The van der Waals surface area contributed by atoms with Crippen LogP contribution >= 0.6 is 0 Å². The summed E-state index contributed by atoms with van der Waals surface area (Å²) in [5.74, 6) is 0. The van der Waals surface area contributed by atoms with Crippen molar-refractivity contribution in [2.45, 2.75) is 18.6 Å². The molecule has 5 aromatic rings. The van der Waals surface area contributed by atoms with Crippen LogP contribution in [0.3, 0.4) is 0 Å². The maximum Gasteiger partial charge on any atom is 0.148 e. The summed E-state index contributed by atoms with van der Waals surface area (Å²) in [6, 6.07) is 40.2. The summed E-state index contributed by atoms with van der Waals surface area (Å²) >= 11 is 0. The third kappa shape index (κ3) is 5.12. The van der Waals surface area contributed by atoms with Crippen LogP contribution in [0.1, 0.15) is 24.2 Å². The normalized spacial score (nSPS) is 15.9. The van der Waals surface area contributed by atoms with Gasteiger partial charge in [0.25, 0.3) is 0 Å². The first-order chi connectivity index (χ1) is 18.4. The number of fused-ring (bicyclic) bond motifs is 1. The third-order valence-electron chi connectivity index (χ3n) is 7.04. The summed E-state index contributed by atoms with van der Waals surface area (Å²) in [4.78, 5) is 6.83. The Hall–Kier alpha value is -4.00. The van der Waals surface area contributed by atoms with E-state index < -0.39 is 0 Å². The van der Waals surface area contributed by atoms with E-state index in [1.54, 1.807) is 0 Å². The maximum absolute atomic E-state index is 5.72. The molecule has 0 aliphatic carbocycles. The second kappa shape index (κ2) is 10.9. The van der Waals surface area contributed by atoms with E-state index in [1.807, 2.05) is 29.1 Å². The van der Waals surface area contributed by atoms with Gasteiger partial charge in [0, 0.05) is 36.9 Å². The molecule has 0 spiro atoms. The Morgan fingerprint density at radius 1 is 0.649 bits per heavy atom. The Morgan fingerprint density at radius 3 is 1.68 bits per heavy atom. The van der Waals surface area contributed by atoms with Gasteiger partial charge in [0.15, 0.2) is 0 Å². The Morgan fingerprint density at radius 2 is 1.14 bits per heavy atom. The molecule has 0 amide bonds. The summed E-state index contributed by atoms with van der Waals surface area (Å²) in [5.41, 5.74) is 5.31. The molecule has 6 rings (SSSR count). The van der Waals surface area contributed by atoms with Gasteiger partial charge < -0.3 is 9.64 Å². The molecule has 0 radical (unpaired) electrons. The summed E-state index contributed by atoms with van der Waals surface area (Å²) in [6.07, 6.45) is 0.639. The zero-order chi connectivity index (χ0) is 24.9. The molecule has 37 heavy (non-hydrogen) atoms. The predicted octanol–water partition coefficient (Wildman–Crippen LogP) is 6.23. The first-order valence-corrected chi connectivity index (χ1v) is 12.9. The first-order valence-electron chi connectivity index (χ1n) is 12.9. The quantitative estimate of drug-likeness (QED) is 0.259. The highest BCUT2D eigenvalue weighted by molar-refractivity contribution is 5.73. The van der Waals surface area contributed by atoms with Gasteiger partial charge in [-0.1, -0.05) is 78.9 Å². The number of ether oxygens (including phenoxy) is 1. The molecule has 1 aromatic heterocycles. The van der Waals surface area contributed by atoms with Crippen LogP contribution < -0.4 is 4.90 Å². The number of anilines is 2. The molecular weight excluding hydrogens is 458 g/mol. The van der Waals surface area contributed by atoms with Crippen molar-refractivity contribution in [3.8, 4) is 0 Å². The second-order valence-electron chi connectivity index (χ2n) is 9.34. The molecule has 0 bridgehead atoms. The van der Waals surface area contributed by atoms with Gasteiger partial charge in [-0.3, -0.25) is 4.90 Å². The van der Waals surface area contributed by atoms with Crippen LogP contribution in [0, 0.1) is 0 Å². The summed E-state index contributed by atoms with van der Waals surface area (Å²) in [7, 11) is 0. The third-order valence-corrected chi connectivity index (χ3v) is 7.04. The highest BCUT2D eigenvalue weighted by atomic mass is 16.5. The molecule has 0 N–H and O–H groups in total. The van der Waals surface area contributed by atoms with Crippen LogP contribution in [0.5, 0.6) is 0 Å². The molecule has 2 atom stereocenters. The lowest BCUT2D eigenvalue weighted by molar-refractivity contribution is 0.0105. The van der Waals surface area contributed by atoms with E-state index in [4.69, 9.17) is 14.9 Å². The van der Waals surface area contributed by atoms with E-state index in [0.29, 0.717) is 0 Å². The van der Waals surface area contributed by atoms with Gasteiger partial charge in [-0.05, 0) is 42.0 Å². The Labute approximate surface area is 217 Å². The van der Waals surface area contributed by atoms with E-state index in [-0.39, 0.29) is 12.2 Å². The SMILES string of the molecule is c1ccc([C@@H](C[C@@H](N(c2ccccc2)c2ccccc2)n2nc3ccccc3n2)N2CCOCC2)cc1. The lowest BCUT2D eigenvalue weighted by Gasteiger charge is -2.40. The molecule has 1 aliphatic rings. The fourth-order valence-corrected chi connectivity index (χ4v) is 5.24. The average molecular weight is 490 g/mol. The maximum atomic E-state index is 5.72. The van der Waals surface area contributed by atoms with Crippen molar-refractivity contribution in [3.63, 3.8) is 0 Å². The van der Waals surface area contributed by atoms with Crippen LogP contribution in [-0.2, 0) is 4.74 Å². The Bertz CT molecular complexity index is 1330. The van der Waals surface area contributed by atoms with Crippen molar-refractivity contribution in [3.05, 3.63) is 121 Å². The standard InChI is InChI=1S/C31H31N5O/c1-4-12-25(13-5-1)30(34-20-22-37-23-21-34)24-31(36-32-28-18-10-11-19-29(28)33-36)35(26-14-6-2-7-15-26)27-16-8-3-9-17-27/h1-19,30-31H,20-24H2/t30-,31+/m1/s1. The molecule has 6 heteroatoms. The molecule has 4 aromatic carbocycles. The molecule has 0 unspecified atom stereocenters. The van der Waals surface area contributed by atoms with Gasteiger partial charge in [-0.2, -0.15) is 15.0 Å². The van der Waals surface area contributed by atoms with Crippen molar-refractivity contribution >= 4 is 22.4 Å². The van der Waals surface area contributed by atoms with Gasteiger partial charge in [0.1, 0.15) is 17.2 Å². The number of para-hydroxylation sites is 2. The first kappa shape index (κ1) is 23.4. The van der Waals surface area contributed by atoms with E-state index >= 15 is 0 Å².